The topological polar surface area (TPSA) is 99.2 Å². The van der Waals surface area contributed by atoms with Gasteiger partial charge in [-0.2, -0.15) is 31.6 Å². The molecule has 0 radical (unpaired) electrons. The van der Waals surface area contributed by atoms with Crippen LogP contribution in [0, 0.1) is 11.3 Å². The molecule has 0 aromatic heterocycles. The molecular formula is C20H14F6N4O2. The zero-order valence-corrected chi connectivity index (χ0v) is 16.2. The molecule has 0 unspecified atom stereocenters. The van der Waals surface area contributed by atoms with E-state index < -0.39 is 46.6 Å². The highest BCUT2D eigenvalue weighted by atomic mass is 19.4. The van der Waals surface area contributed by atoms with Crippen LogP contribution in [0.3, 0.4) is 0 Å². The van der Waals surface area contributed by atoms with Gasteiger partial charge in [-0.3, -0.25) is 9.59 Å². The fraction of sp³-hybridized carbons (Fsp3) is 0.150. The number of hydrogen-bond donors (Lipinski definition) is 2. The second kappa shape index (κ2) is 9.01. The van der Waals surface area contributed by atoms with Crippen molar-refractivity contribution in [3.63, 3.8) is 0 Å². The smallest absolute Gasteiger partial charge is 0.399 e. The zero-order valence-electron chi connectivity index (χ0n) is 16.2. The van der Waals surface area contributed by atoms with Crippen LogP contribution in [0.1, 0.15) is 18.1 Å². The maximum absolute atomic E-state index is 13.0. The molecule has 2 rings (SSSR count). The number of nitrogens with two attached hydrogens (primary N) is 1. The second-order valence-electron chi connectivity index (χ2n) is 6.36. The van der Waals surface area contributed by atoms with Crippen LogP contribution >= 0.6 is 0 Å². The summed E-state index contributed by atoms with van der Waals surface area (Å²) in [5.41, 5.74) is 1.33. The minimum atomic E-state index is -5.07. The Balaban J connectivity index is 2.43. The number of nitrogens with one attached hydrogen (secondary N) is 1. The number of imide groups is 1. The summed E-state index contributed by atoms with van der Waals surface area (Å²) in [6.45, 7) is 1.03. The first-order valence-electron chi connectivity index (χ1n) is 8.61. The van der Waals surface area contributed by atoms with Crippen molar-refractivity contribution < 1.29 is 35.9 Å². The number of benzene rings is 2. The molecule has 2 aromatic carbocycles. The highest BCUT2D eigenvalue weighted by molar-refractivity contribution is 6.21. The first-order valence-corrected chi connectivity index (χ1v) is 8.61. The Labute approximate surface area is 177 Å². The van der Waals surface area contributed by atoms with Crippen LogP contribution in [-0.4, -0.2) is 11.8 Å². The van der Waals surface area contributed by atoms with Gasteiger partial charge in [-0.1, -0.05) is 0 Å². The van der Waals surface area contributed by atoms with Crippen molar-refractivity contribution in [2.45, 2.75) is 19.3 Å². The Hall–Kier alpha value is -4.01. The highest BCUT2D eigenvalue weighted by Gasteiger charge is 2.37. The summed E-state index contributed by atoms with van der Waals surface area (Å²) in [7, 11) is 0. The van der Waals surface area contributed by atoms with Crippen LogP contribution in [0.4, 0.5) is 43.4 Å². The van der Waals surface area contributed by atoms with Gasteiger partial charge in [0.1, 0.15) is 11.6 Å². The van der Waals surface area contributed by atoms with Gasteiger partial charge in [0.25, 0.3) is 5.91 Å². The fourth-order valence-corrected chi connectivity index (χ4v) is 2.52. The summed E-state index contributed by atoms with van der Waals surface area (Å²) in [6.07, 6.45) is -9.53. The number of amides is 2. The molecule has 0 spiro atoms. The Bertz CT molecular complexity index is 1070. The van der Waals surface area contributed by atoms with Crippen molar-refractivity contribution in [2.24, 2.45) is 0 Å². The predicted molar refractivity (Wildman–Crippen MR) is 103 cm³/mol. The zero-order chi connectivity index (χ0) is 24.3. The quantitative estimate of drug-likeness (QED) is 0.301. The van der Waals surface area contributed by atoms with E-state index in [1.54, 1.807) is 0 Å². The van der Waals surface area contributed by atoms with Gasteiger partial charge in [-0.15, -0.1) is 0 Å². The third-order valence-electron chi connectivity index (χ3n) is 3.99. The van der Waals surface area contributed by atoms with E-state index in [0.29, 0.717) is 28.9 Å². The van der Waals surface area contributed by atoms with E-state index in [4.69, 9.17) is 5.73 Å². The van der Waals surface area contributed by atoms with Gasteiger partial charge < -0.3 is 11.1 Å². The van der Waals surface area contributed by atoms with Crippen molar-refractivity contribution in [3.05, 3.63) is 65.4 Å². The van der Waals surface area contributed by atoms with Crippen LogP contribution in [0.15, 0.2) is 54.2 Å². The molecule has 12 heteroatoms. The molecule has 0 atom stereocenters. The first-order chi connectivity index (χ1) is 14.7. The molecule has 0 fully saturated rings. The Morgan fingerprint density at radius 2 is 1.50 bits per heavy atom. The van der Waals surface area contributed by atoms with Gasteiger partial charge in [-0.05, 0) is 42.5 Å². The lowest BCUT2D eigenvalue weighted by molar-refractivity contribution is -0.143. The molecule has 0 saturated carbocycles. The summed E-state index contributed by atoms with van der Waals surface area (Å²) in [6, 6.07) is 7.57. The van der Waals surface area contributed by atoms with Gasteiger partial charge in [0.2, 0.25) is 5.91 Å². The average Bonchev–Trinajstić information content (AvgIpc) is 2.68. The molecule has 168 valence electrons. The predicted octanol–water partition coefficient (Wildman–Crippen LogP) is 4.71. The highest BCUT2D eigenvalue weighted by Crippen LogP contribution is 2.37. The molecule has 0 saturated heterocycles. The first kappa shape index (κ1) is 24.3. The van der Waals surface area contributed by atoms with Crippen molar-refractivity contribution in [2.75, 3.05) is 16.0 Å². The number of nitrogens with zero attached hydrogens (tertiary/aromatic N) is 2. The number of carbonyl (C=O) groups is 2. The van der Waals surface area contributed by atoms with Crippen LogP contribution in [0.2, 0.25) is 0 Å². The lowest BCUT2D eigenvalue weighted by Gasteiger charge is -2.19. The number of alkyl halides is 6. The number of nitrogen functional groups attached to an aromatic ring is 1. The average molecular weight is 456 g/mol. The number of hydrogen-bond acceptors (Lipinski definition) is 5. The van der Waals surface area contributed by atoms with Crippen LogP contribution in [0.25, 0.3) is 0 Å². The maximum atomic E-state index is 13.0. The number of nitriles is 1. The van der Waals surface area contributed by atoms with Crippen molar-refractivity contribution in [3.8, 4) is 6.07 Å². The van der Waals surface area contributed by atoms with Crippen molar-refractivity contribution in [1.82, 2.24) is 0 Å². The number of carbonyl (C=O) groups excluding carboxylic acids is 2. The van der Waals surface area contributed by atoms with Crippen LogP contribution in [-0.2, 0) is 21.9 Å². The minimum Gasteiger partial charge on any atom is -0.399 e. The molecule has 2 aromatic rings. The van der Waals surface area contributed by atoms with E-state index >= 15 is 0 Å². The van der Waals surface area contributed by atoms with Gasteiger partial charge >= 0.3 is 12.4 Å². The van der Waals surface area contributed by atoms with Gasteiger partial charge in [-0.25, -0.2) is 4.90 Å². The van der Waals surface area contributed by atoms with E-state index in [-0.39, 0.29) is 11.8 Å². The largest absolute Gasteiger partial charge is 0.416 e. The molecule has 2 amide bonds. The Morgan fingerprint density at radius 1 is 1.00 bits per heavy atom. The molecular weight excluding hydrogens is 442 g/mol. The molecule has 0 heterocycles. The Morgan fingerprint density at radius 3 is 1.91 bits per heavy atom. The van der Waals surface area contributed by atoms with E-state index in [1.807, 2.05) is 0 Å². The number of halogens is 6. The van der Waals surface area contributed by atoms with Gasteiger partial charge in [0, 0.05) is 24.5 Å². The minimum absolute atomic E-state index is 0.0521. The van der Waals surface area contributed by atoms with E-state index in [9.17, 15) is 41.2 Å². The third-order valence-corrected chi connectivity index (χ3v) is 3.99. The summed E-state index contributed by atoms with van der Waals surface area (Å²) < 4.78 is 77.8. The molecule has 0 bridgehead atoms. The summed E-state index contributed by atoms with van der Waals surface area (Å²) in [4.78, 5) is 25.2. The molecule has 3 N–H and O–H groups in total. The van der Waals surface area contributed by atoms with Gasteiger partial charge in [0.05, 0.1) is 16.8 Å². The summed E-state index contributed by atoms with van der Waals surface area (Å²) in [5, 5.41) is 11.4. The molecule has 0 aliphatic rings. The Kier molecular flexibility index (Phi) is 6.83. The van der Waals surface area contributed by atoms with Gasteiger partial charge in [0.15, 0.2) is 0 Å². The lowest BCUT2D eigenvalue weighted by atomic mass is 10.1. The molecule has 0 aliphatic heterocycles. The molecule has 0 aliphatic carbocycles. The van der Waals surface area contributed by atoms with E-state index in [1.165, 1.54) is 30.3 Å². The fourth-order valence-electron chi connectivity index (χ4n) is 2.52. The van der Waals surface area contributed by atoms with E-state index in [0.717, 1.165) is 6.92 Å². The summed E-state index contributed by atoms with van der Waals surface area (Å²) >= 11 is 0. The number of rotatable bonds is 4. The van der Waals surface area contributed by atoms with Crippen LogP contribution in [0.5, 0.6) is 0 Å². The van der Waals surface area contributed by atoms with E-state index in [2.05, 4.69) is 5.32 Å². The molecule has 6 nitrogen and oxygen atoms in total. The normalized spacial score (nSPS) is 12.1. The lowest BCUT2D eigenvalue weighted by Crippen LogP contribution is -2.36. The van der Waals surface area contributed by atoms with Crippen molar-refractivity contribution >= 4 is 28.9 Å². The van der Waals surface area contributed by atoms with Crippen LogP contribution < -0.4 is 16.0 Å². The monoisotopic (exact) mass is 456 g/mol. The maximum Gasteiger partial charge on any atom is 0.416 e. The van der Waals surface area contributed by atoms with Crippen molar-refractivity contribution in [1.29, 1.82) is 5.26 Å². The standard InChI is InChI=1S/C20H14F6N4O2/c1-11(31)30(17-4-2-15(28)3-5-17)18(32)12(9-27)10-29-16-7-13(19(21,22)23)6-14(8-16)20(24,25)26/h2-8,10,29H,28H2,1H3/b12-10-. The number of anilines is 3. The second-order valence-corrected chi connectivity index (χ2v) is 6.36. The molecule has 32 heavy (non-hydrogen) atoms. The SMILES string of the molecule is CC(=O)N(C(=O)/C(C#N)=C\Nc1cc(C(F)(F)F)cc(C(F)(F)F)c1)c1ccc(N)cc1. The summed E-state index contributed by atoms with van der Waals surface area (Å²) in [5.74, 6) is -1.94. The third kappa shape index (κ3) is 5.78.